The number of amides is 1. The summed E-state index contributed by atoms with van der Waals surface area (Å²) in [5.41, 5.74) is 0. The fourth-order valence-corrected chi connectivity index (χ4v) is 2.80. The van der Waals surface area contributed by atoms with Crippen LogP contribution in [0.15, 0.2) is 12.4 Å². The van der Waals surface area contributed by atoms with Crippen molar-refractivity contribution >= 4 is 5.91 Å². The summed E-state index contributed by atoms with van der Waals surface area (Å²) in [7, 11) is 0. The van der Waals surface area contributed by atoms with Crippen molar-refractivity contribution in [2.75, 3.05) is 13.1 Å². The first kappa shape index (κ1) is 11.8. The van der Waals surface area contributed by atoms with Gasteiger partial charge in [0, 0.05) is 37.9 Å². The Morgan fingerprint density at radius 1 is 1.33 bits per heavy atom. The van der Waals surface area contributed by atoms with E-state index in [1.165, 1.54) is 0 Å². The van der Waals surface area contributed by atoms with Crippen LogP contribution in [0.3, 0.4) is 0 Å². The molecule has 98 valence electrons. The first-order valence-electron chi connectivity index (χ1n) is 7.00. The quantitative estimate of drug-likeness (QED) is 0.817. The summed E-state index contributed by atoms with van der Waals surface area (Å²) in [6, 6.07) is 0. The number of nitrogens with zero attached hydrogens (tertiary/aromatic N) is 3. The van der Waals surface area contributed by atoms with Gasteiger partial charge in [0.1, 0.15) is 5.82 Å². The Morgan fingerprint density at radius 2 is 2.06 bits per heavy atom. The molecule has 1 amide bonds. The lowest BCUT2D eigenvalue weighted by Gasteiger charge is -2.32. The molecular weight excluding hydrogens is 226 g/mol. The highest BCUT2D eigenvalue weighted by Gasteiger charge is 2.34. The fraction of sp³-hybridized carbons (Fsp3) is 0.714. The molecule has 1 aliphatic carbocycles. The molecule has 0 N–H and O–H groups in total. The normalized spacial score (nSPS) is 21.3. The van der Waals surface area contributed by atoms with Crippen molar-refractivity contribution in [3.8, 4) is 0 Å². The largest absolute Gasteiger partial charge is 0.342 e. The Hall–Kier alpha value is -1.32. The number of aromatic nitrogens is 2. The van der Waals surface area contributed by atoms with Gasteiger partial charge in [0.25, 0.3) is 0 Å². The molecule has 0 aromatic carbocycles. The molecule has 2 heterocycles. The maximum atomic E-state index is 11.9. The second-order valence-electron chi connectivity index (χ2n) is 5.67. The minimum atomic E-state index is 0.373. The summed E-state index contributed by atoms with van der Waals surface area (Å²) in [5, 5.41) is 0. The molecule has 1 saturated heterocycles. The summed E-state index contributed by atoms with van der Waals surface area (Å²) in [5.74, 6) is 2.57. The summed E-state index contributed by atoms with van der Waals surface area (Å²) in [6.07, 6.45) is 8.42. The van der Waals surface area contributed by atoms with Crippen LogP contribution in [0.5, 0.6) is 0 Å². The van der Waals surface area contributed by atoms with Gasteiger partial charge in [0.05, 0.1) is 0 Å². The zero-order valence-corrected chi connectivity index (χ0v) is 11.0. The van der Waals surface area contributed by atoms with Crippen molar-refractivity contribution in [3.05, 3.63) is 18.2 Å². The minimum absolute atomic E-state index is 0.373. The maximum Gasteiger partial charge on any atom is 0.225 e. The molecule has 4 nitrogen and oxygen atoms in total. The monoisotopic (exact) mass is 247 g/mol. The first-order valence-corrected chi connectivity index (χ1v) is 7.00. The highest BCUT2D eigenvalue weighted by molar-refractivity contribution is 5.81. The van der Waals surface area contributed by atoms with Gasteiger partial charge in [-0.1, -0.05) is 0 Å². The van der Waals surface area contributed by atoms with Gasteiger partial charge < -0.3 is 9.47 Å². The lowest BCUT2D eigenvalue weighted by molar-refractivity contribution is -0.134. The molecule has 1 aliphatic heterocycles. The van der Waals surface area contributed by atoms with Crippen LogP contribution in [0.4, 0.5) is 0 Å². The standard InChI is InChI=1S/C14H21N3O/c1-11-15-6-9-17(11)10-12-4-7-16(8-5-12)14(18)13-2-3-13/h6,9,12-13H,2-5,7-8,10H2,1H3. The Morgan fingerprint density at radius 3 is 2.61 bits per heavy atom. The number of likely N-dealkylation sites (tertiary alicyclic amines) is 1. The smallest absolute Gasteiger partial charge is 0.225 e. The van der Waals surface area contributed by atoms with E-state index in [4.69, 9.17) is 0 Å². The molecular formula is C14H21N3O. The van der Waals surface area contributed by atoms with Gasteiger partial charge in [-0.15, -0.1) is 0 Å². The SMILES string of the molecule is Cc1nccn1CC1CCN(C(=O)C2CC2)CC1. The molecule has 1 aromatic heterocycles. The molecule has 0 radical (unpaired) electrons. The lowest BCUT2D eigenvalue weighted by Crippen LogP contribution is -2.40. The zero-order valence-electron chi connectivity index (χ0n) is 11.0. The van der Waals surface area contributed by atoms with Gasteiger partial charge in [-0.05, 0) is 38.5 Å². The molecule has 1 saturated carbocycles. The summed E-state index contributed by atoms with van der Waals surface area (Å²) >= 11 is 0. The first-order chi connectivity index (χ1) is 8.74. The number of hydrogen-bond acceptors (Lipinski definition) is 2. The van der Waals surface area contributed by atoms with Crippen LogP contribution < -0.4 is 0 Å². The van der Waals surface area contributed by atoms with Crippen LogP contribution >= 0.6 is 0 Å². The Kier molecular flexibility index (Phi) is 3.10. The Bertz CT molecular complexity index is 428. The van der Waals surface area contributed by atoms with Gasteiger partial charge >= 0.3 is 0 Å². The third-order valence-electron chi connectivity index (χ3n) is 4.23. The predicted molar refractivity (Wildman–Crippen MR) is 69.0 cm³/mol. The number of piperidine rings is 1. The molecule has 2 aliphatic rings. The van der Waals surface area contributed by atoms with E-state index in [0.29, 0.717) is 17.7 Å². The number of hydrogen-bond donors (Lipinski definition) is 0. The summed E-state index contributed by atoms with van der Waals surface area (Å²) < 4.78 is 2.23. The average Bonchev–Trinajstić information content (AvgIpc) is 3.16. The molecule has 2 fully saturated rings. The third kappa shape index (κ3) is 2.42. The van der Waals surface area contributed by atoms with Crippen LogP contribution in [0.25, 0.3) is 0 Å². The summed E-state index contributed by atoms with van der Waals surface area (Å²) in [6.45, 7) is 5.00. The van der Waals surface area contributed by atoms with Crippen LogP contribution in [-0.4, -0.2) is 33.4 Å². The lowest BCUT2D eigenvalue weighted by atomic mass is 9.96. The second kappa shape index (κ2) is 4.75. The third-order valence-corrected chi connectivity index (χ3v) is 4.23. The molecule has 1 aromatic rings. The zero-order chi connectivity index (χ0) is 12.5. The molecule has 4 heteroatoms. The van der Waals surface area contributed by atoms with E-state index in [1.807, 2.05) is 13.1 Å². The van der Waals surface area contributed by atoms with E-state index in [2.05, 4.69) is 20.6 Å². The number of carbonyl (C=O) groups is 1. The second-order valence-corrected chi connectivity index (χ2v) is 5.67. The molecule has 0 atom stereocenters. The van der Waals surface area contributed by atoms with Gasteiger partial charge in [0.15, 0.2) is 0 Å². The molecule has 3 rings (SSSR count). The number of carbonyl (C=O) groups excluding carboxylic acids is 1. The highest BCUT2D eigenvalue weighted by atomic mass is 16.2. The predicted octanol–water partition coefficient (Wildman–Crippen LogP) is 1.84. The van der Waals surface area contributed by atoms with Crippen molar-refractivity contribution in [3.63, 3.8) is 0 Å². The average molecular weight is 247 g/mol. The minimum Gasteiger partial charge on any atom is -0.342 e. The van der Waals surface area contributed by atoms with Crippen LogP contribution in [0, 0.1) is 18.8 Å². The Balaban J connectivity index is 1.50. The van der Waals surface area contributed by atoms with E-state index in [-0.39, 0.29) is 0 Å². The number of imidazole rings is 1. The Labute approximate surface area is 108 Å². The van der Waals surface area contributed by atoms with Crippen LogP contribution in [0.2, 0.25) is 0 Å². The highest BCUT2D eigenvalue weighted by Crippen LogP contribution is 2.32. The van der Waals surface area contributed by atoms with Gasteiger partial charge in [-0.2, -0.15) is 0 Å². The van der Waals surface area contributed by atoms with Gasteiger partial charge in [-0.3, -0.25) is 4.79 Å². The number of aryl methyl sites for hydroxylation is 1. The van der Waals surface area contributed by atoms with Crippen molar-refractivity contribution in [2.24, 2.45) is 11.8 Å². The van der Waals surface area contributed by atoms with Crippen LogP contribution in [-0.2, 0) is 11.3 Å². The van der Waals surface area contributed by atoms with Gasteiger partial charge in [-0.25, -0.2) is 4.98 Å². The molecule has 18 heavy (non-hydrogen) atoms. The van der Waals surface area contributed by atoms with E-state index in [1.54, 1.807) is 0 Å². The van der Waals surface area contributed by atoms with E-state index < -0.39 is 0 Å². The topological polar surface area (TPSA) is 38.1 Å². The number of rotatable bonds is 3. The van der Waals surface area contributed by atoms with Crippen molar-refractivity contribution in [1.82, 2.24) is 14.5 Å². The van der Waals surface area contributed by atoms with Crippen LogP contribution in [0.1, 0.15) is 31.5 Å². The van der Waals surface area contributed by atoms with Crippen molar-refractivity contribution < 1.29 is 4.79 Å². The van der Waals surface area contributed by atoms with E-state index in [0.717, 1.165) is 51.1 Å². The maximum absolute atomic E-state index is 11.9. The van der Waals surface area contributed by atoms with Crippen molar-refractivity contribution in [1.29, 1.82) is 0 Å². The van der Waals surface area contributed by atoms with Gasteiger partial charge in [0.2, 0.25) is 5.91 Å². The molecule has 0 bridgehead atoms. The fourth-order valence-electron chi connectivity index (χ4n) is 2.80. The summed E-state index contributed by atoms with van der Waals surface area (Å²) in [4.78, 5) is 18.3. The molecule has 0 spiro atoms. The van der Waals surface area contributed by atoms with Crippen molar-refractivity contribution in [2.45, 2.75) is 39.2 Å². The van der Waals surface area contributed by atoms with E-state index >= 15 is 0 Å². The molecule has 0 unspecified atom stereocenters. The van der Waals surface area contributed by atoms with E-state index in [9.17, 15) is 4.79 Å².